The molecule has 3 heteroatoms. The number of hydrogen-bond donors (Lipinski definition) is 1. The quantitative estimate of drug-likeness (QED) is 0.652. The summed E-state index contributed by atoms with van der Waals surface area (Å²) in [4.78, 5) is 12.0. The van der Waals surface area contributed by atoms with Crippen molar-refractivity contribution >= 4 is 22.4 Å². The van der Waals surface area contributed by atoms with Crippen LogP contribution >= 0.6 is 0 Å². The Hall–Kier alpha value is -2.16. The molecule has 1 N–H and O–H groups in total. The summed E-state index contributed by atoms with van der Waals surface area (Å²) in [6.07, 6.45) is 2.08. The van der Waals surface area contributed by atoms with E-state index in [9.17, 15) is 4.79 Å². The Morgan fingerprint density at radius 1 is 1.05 bits per heavy atom. The number of nitrogens with zero attached hydrogens (tertiary/aromatic N) is 1. The van der Waals surface area contributed by atoms with E-state index in [0.717, 1.165) is 34.9 Å². The molecule has 0 aliphatic rings. The predicted octanol–water partition coefficient (Wildman–Crippen LogP) is 3.67. The molecule has 20 heavy (non-hydrogen) atoms. The summed E-state index contributed by atoms with van der Waals surface area (Å²) in [5.74, 6) is -0.0687. The monoisotopic (exact) mass is 268 g/mol. The fraction of sp³-hybridized carbons (Fsp3) is 0.294. The Kier molecular flexibility index (Phi) is 4.88. The Bertz CT molecular complexity index is 620. The maximum Gasteiger partial charge on any atom is 0.244 e. The van der Waals surface area contributed by atoms with Crippen molar-refractivity contribution in [2.75, 3.05) is 0 Å². The van der Waals surface area contributed by atoms with Gasteiger partial charge < -0.3 is 0 Å². The Balaban J connectivity index is 2.12. The SMILES string of the molecule is CCC(CC)=NNC(=O)Cc1cccc2ccccc12. The van der Waals surface area contributed by atoms with Crippen LogP contribution in [-0.2, 0) is 11.2 Å². The van der Waals surface area contributed by atoms with Crippen LogP contribution in [0, 0.1) is 0 Å². The van der Waals surface area contributed by atoms with Crippen molar-refractivity contribution in [1.29, 1.82) is 0 Å². The minimum absolute atomic E-state index is 0.0687. The molecule has 0 bridgehead atoms. The first-order valence-electron chi connectivity index (χ1n) is 7.05. The minimum atomic E-state index is -0.0687. The van der Waals surface area contributed by atoms with Gasteiger partial charge in [-0.2, -0.15) is 5.10 Å². The molecule has 104 valence electrons. The lowest BCUT2D eigenvalue weighted by Crippen LogP contribution is -2.21. The van der Waals surface area contributed by atoms with E-state index in [0.29, 0.717) is 6.42 Å². The van der Waals surface area contributed by atoms with E-state index in [-0.39, 0.29) is 5.91 Å². The largest absolute Gasteiger partial charge is 0.273 e. The lowest BCUT2D eigenvalue weighted by molar-refractivity contribution is -0.120. The summed E-state index contributed by atoms with van der Waals surface area (Å²) in [6, 6.07) is 14.1. The van der Waals surface area contributed by atoms with Crippen LogP contribution < -0.4 is 5.43 Å². The zero-order valence-corrected chi connectivity index (χ0v) is 12.0. The first-order chi connectivity index (χ1) is 9.74. The van der Waals surface area contributed by atoms with Crippen LogP contribution in [0.4, 0.5) is 0 Å². The number of rotatable bonds is 5. The number of carbonyl (C=O) groups is 1. The molecule has 0 radical (unpaired) electrons. The Labute approximate surface area is 119 Å². The first-order valence-corrected chi connectivity index (χ1v) is 7.05. The molecule has 3 nitrogen and oxygen atoms in total. The highest BCUT2D eigenvalue weighted by Gasteiger charge is 2.06. The third kappa shape index (κ3) is 3.44. The van der Waals surface area contributed by atoms with Crippen LogP contribution in [-0.4, -0.2) is 11.6 Å². The maximum absolute atomic E-state index is 12.0. The minimum Gasteiger partial charge on any atom is -0.273 e. The number of hydrazone groups is 1. The van der Waals surface area contributed by atoms with Crippen molar-refractivity contribution < 1.29 is 4.79 Å². The van der Waals surface area contributed by atoms with Gasteiger partial charge in [0.25, 0.3) is 0 Å². The van der Waals surface area contributed by atoms with Crippen LogP contribution in [0.25, 0.3) is 10.8 Å². The number of carbonyl (C=O) groups excluding carboxylic acids is 1. The van der Waals surface area contributed by atoms with Crippen molar-refractivity contribution in [3.05, 3.63) is 48.0 Å². The molecule has 0 saturated carbocycles. The fourth-order valence-electron chi connectivity index (χ4n) is 2.21. The number of benzene rings is 2. The molecule has 0 aliphatic heterocycles. The summed E-state index contributed by atoms with van der Waals surface area (Å²) in [5, 5.41) is 6.44. The van der Waals surface area contributed by atoms with E-state index >= 15 is 0 Å². The average Bonchev–Trinajstić information content (AvgIpc) is 2.49. The summed E-state index contributed by atoms with van der Waals surface area (Å²) < 4.78 is 0. The maximum atomic E-state index is 12.0. The highest BCUT2D eigenvalue weighted by atomic mass is 16.2. The third-order valence-electron chi connectivity index (χ3n) is 3.39. The van der Waals surface area contributed by atoms with E-state index in [1.807, 2.05) is 44.2 Å². The molecule has 2 aromatic carbocycles. The molecular formula is C17H20N2O. The van der Waals surface area contributed by atoms with E-state index in [4.69, 9.17) is 0 Å². The summed E-state index contributed by atoms with van der Waals surface area (Å²) >= 11 is 0. The van der Waals surface area contributed by atoms with E-state index < -0.39 is 0 Å². The zero-order valence-electron chi connectivity index (χ0n) is 12.0. The van der Waals surface area contributed by atoms with Crippen molar-refractivity contribution in [3.8, 4) is 0 Å². The van der Waals surface area contributed by atoms with Gasteiger partial charge in [0.2, 0.25) is 5.91 Å². The van der Waals surface area contributed by atoms with E-state index in [2.05, 4.69) is 22.7 Å². The summed E-state index contributed by atoms with van der Waals surface area (Å²) in [7, 11) is 0. The first kappa shape index (κ1) is 14.3. The van der Waals surface area contributed by atoms with Gasteiger partial charge in [-0.3, -0.25) is 4.79 Å². The topological polar surface area (TPSA) is 41.5 Å². The lowest BCUT2D eigenvalue weighted by atomic mass is 10.0. The molecule has 0 heterocycles. The van der Waals surface area contributed by atoms with E-state index in [1.54, 1.807) is 0 Å². The van der Waals surface area contributed by atoms with Crippen molar-refractivity contribution in [3.63, 3.8) is 0 Å². The van der Waals surface area contributed by atoms with Crippen LogP contribution in [0.5, 0.6) is 0 Å². The number of amides is 1. The van der Waals surface area contributed by atoms with Gasteiger partial charge in [-0.25, -0.2) is 5.43 Å². The normalized spacial score (nSPS) is 10.3. The van der Waals surface area contributed by atoms with Crippen molar-refractivity contribution in [2.45, 2.75) is 33.1 Å². The molecule has 0 fully saturated rings. The molecule has 0 unspecified atom stereocenters. The molecule has 0 aliphatic carbocycles. The van der Waals surface area contributed by atoms with Gasteiger partial charge in [0, 0.05) is 5.71 Å². The zero-order chi connectivity index (χ0) is 14.4. The van der Waals surface area contributed by atoms with Gasteiger partial charge in [0.1, 0.15) is 0 Å². The molecule has 0 aromatic heterocycles. The van der Waals surface area contributed by atoms with Crippen LogP contribution in [0.1, 0.15) is 32.3 Å². The van der Waals surface area contributed by atoms with Gasteiger partial charge in [0.15, 0.2) is 0 Å². The van der Waals surface area contributed by atoms with Crippen LogP contribution in [0.2, 0.25) is 0 Å². The standard InChI is InChI=1S/C17H20N2O/c1-3-15(4-2)18-19-17(20)12-14-10-7-9-13-8-5-6-11-16(13)14/h5-11H,3-4,12H2,1-2H3,(H,19,20). The molecular weight excluding hydrogens is 248 g/mol. The van der Waals surface area contributed by atoms with Crippen molar-refractivity contribution in [2.24, 2.45) is 5.10 Å². The smallest absolute Gasteiger partial charge is 0.244 e. The van der Waals surface area contributed by atoms with Gasteiger partial charge in [-0.1, -0.05) is 56.3 Å². The molecule has 1 amide bonds. The van der Waals surface area contributed by atoms with Crippen LogP contribution in [0.15, 0.2) is 47.6 Å². The van der Waals surface area contributed by atoms with E-state index in [1.165, 1.54) is 0 Å². The van der Waals surface area contributed by atoms with Gasteiger partial charge >= 0.3 is 0 Å². The van der Waals surface area contributed by atoms with Crippen molar-refractivity contribution in [1.82, 2.24) is 5.43 Å². The fourth-order valence-corrected chi connectivity index (χ4v) is 2.21. The van der Waals surface area contributed by atoms with Gasteiger partial charge in [-0.15, -0.1) is 0 Å². The lowest BCUT2D eigenvalue weighted by Gasteiger charge is -2.06. The van der Waals surface area contributed by atoms with Gasteiger partial charge in [-0.05, 0) is 29.2 Å². The Morgan fingerprint density at radius 3 is 2.50 bits per heavy atom. The third-order valence-corrected chi connectivity index (χ3v) is 3.39. The second-order valence-electron chi connectivity index (χ2n) is 4.74. The number of fused-ring (bicyclic) bond motifs is 1. The molecule has 0 spiro atoms. The summed E-state index contributed by atoms with van der Waals surface area (Å²) in [6.45, 7) is 4.08. The molecule has 2 rings (SSSR count). The Morgan fingerprint density at radius 2 is 1.75 bits per heavy atom. The van der Waals surface area contributed by atoms with Crippen LogP contribution in [0.3, 0.4) is 0 Å². The highest BCUT2D eigenvalue weighted by molar-refractivity contribution is 5.91. The molecule has 2 aromatic rings. The molecule has 0 saturated heterocycles. The molecule has 0 atom stereocenters. The highest BCUT2D eigenvalue weighted by Crippen LogP contribution is 2.18. The number of hydrogen-bond acceptors (Lipinski definition) is 2. The van der Waals surface area contributed by atoms with Gasteiger partial charge in [0.05, 0.1) is 6.42 Å². The second kappa shape index (κ2) is 6.85. The summed E-state index contributed by atoms with van der Waals surface area (Å²) in [5.41, 5.74) is 4.69. The average molecular weight is 268 g/mol. The second-order valence-corrected chi connectivity index (χ2v) is 4.74. The predicted molar refractivity (Wildman–Crippen MR) is 83.8 cm³/mol. The number of nitrogens with one attached hydrogen (secondary N) is 1.